The average Bonchev–Trinajstić information content (AvgIpc) is 2.73. The van der Waals surface area contributed by atoms with Gasteiger partial charge in [-0.15, -0.1) is 0 Å². The van der Waals surface area contributed by atoms with Crippen molar-refractivity contribution < 1.29 is 9.53 Å². The van der Waals surface area contributed by atoms with E-state index in [1.165, 1.54) is 0 Å². The lowest BCUT2D eigenvalue weighted by Crippen LogP contribution is -2.31. The molecule has 0 aromatic heterocycles. The topological polar surface area (TPSA) is 38.3 Å². The zero-order valence-electron chi connectivity index (χ0n) is 9.78. The van der Waals surface area contributed by atoms with E-state index in [0.29, 0.717) is 18.0 Å². The van der Waals surface area contributed by atoms with E-state index < -0.39 is 0 Å². The van der Waals surface area contributed by atoms with Crippen LogP contribution in [-0.2, 0) is 4.74 Å². The van der Waals surface area contributed by atoms with E-state index in [2.05, 4.69) is 28.2 Å². The molecule has 1 aliphatic rings. The van der Waals surface area contributed by atoms with Crippen LogP contribution in [0.15, 0.2) is 28.7 Å². The van der Waals surface area contributed by atoms with E-state index in [0.717, 1.165) is 17.5 Å². The number of amides is 1. The van der Waals surface area contributed by atoms with Gasteiger partial charge in [-0.05, 0) is 37.6 Å². The molecule has 1 heterocycles. The van der Waals surface area contributed by atoms with Gasteiger partial charge in [-0.3, -0.25) is 4.79 Å². The molecule has 1 saturated heterocycles. The van der Waals surface area contributed by atoms with Gasteiger partial charge in [0.15, 0.2) is 0 Å². The Morgan fingerprint density at radius 3 is 2.76 bits per heavy atom. The SMILES string of the molecule is CC1OCCC1CNC(=O)c1ccc(Br)cc1. The molecular formula is C13H16BrNO2. The number of rotatable bonds is 3. The van der Waals surface area contributed by atoms with Crippen molar-refractivity contribution in [2.45, 2.75) is 19.4 Å². The van der Waals surface area contributed by atoms with Gasteiger partial charge in [0, 0.05) is 29.1 Å². The largest absolute Gasteiger partial charge is 0.378 e. The predicted molar refractivity (Wildman–Crippen MR) is 70.0 cm³/mol. The predicted octanol–water partition coefficient (Wildman–Crippen LogP) is 2.60. The summed E-state index contributed by atoms with van der Waals surface area (Å²) in [7, 11) is 0. The van der Waals surface area contributed by atoms with Crippen LogP contribution in [0.25, 0.3) is 0 Å². The maximum Gasteiger partial charge on any atom is 0.251 e. The number of carbonyl (C=O) groups is 1. The molecule has 1 fully saturated rings. The molecule has 1 aliphatic heterocycles. The molecule has 0 bridgehead atoms. The summed E-state index contributed by atoms with van der Waals surface area (Å²) in [4.78, 5) is 11.9. The lowest BCUT2D eigenvalue weighted by atomic mass is 10.0. The van der Waals surface area contributed by atoms with Crippen molar-refractivity contribution in [3.63, 3.8) is 0 Å². The van der Waals surface area contributed by atoms with Crippen LogP contribution in [0.3, 0.4) is 0 Å². The van der Waals surface area contributed by atoms with Crippen LogP contribution >= 0.6 is 15.9 Å². The van der Waals surface area contributed by atoms with Crippen LogP contribution in [-0.4, -0.2) is 25.2 Å². The Labute approximate surface area is 110 Å². The molecule has 17 heavy (non-hydrogen) atoms. The monoisotopic (exact) mass is 297 g/mol. The van der Waals surface area contributed by atoms with E-state index >= 15 is 0 Å². The third-order valence-electron chi connectivity index (χ3n) is 3.16. The Morgan fingerprint density at radius 1 is 1.47 bits per heavy atom. The molecule has 0 aliphatic carbocycles. The van der Waals surface area contributed by atoms with Crippen molar-refractivity contribution >= 4 is 21.8 Å². The Kier molecular flexibility index (Phi) is 4.18. The molecule has 1 aromatic rings. The molecule has 0 spiro atoms. The van der Waals surface area contributed by atoms with Crippen LogP contribution in [0.5, 0.6) is 0 Å². The van der Waals surface area contributed by atoms with E-state index in [1.54, 1.807) is 0 Å². The highest BCUT2D eigenvalue weighted by molar-refractivity contribution is 9.10. The molecule has 92 valence electrons. The number of nitrogens with one attached hydrogen (secondary N) is 1. The number of hydrogen-bond acceptors (Lipinski definition) is 2. The molecule has 2 atom stereocenters. The summed E-state index contributed by atoms with van der Waals surface area (Å²) in [6, 6.07) is 7.37. The molecule has 2 rings (SSSR count). The summed E-state index contributed by atoms with van der Waals surface area (Å²) in [5.74, 6) is 0.422. The smallest absolute Gasteiger partial charge is 0.251 e. The van der Waals surface area contributed by atoms with Gasteiger partial charge in [0.1, 0.15) is 0 Å². The van der Waals surface area contributed by atoms with E-state index in [9.17, 15) is 4.79 Å². The molecule has 0 radical (unpaired) electrons. The molecule has 4 heteroatoms. The first-order valence-electron chi connectivity index (χ1n) is 5.82. The summed E-state index contributed by atoms with van der Waals surface area (Å²) < 4.78 is 6.44. The van der Waals surface area contributed by atoms with E-state index in [1.807, 2.05) is 24.3 Å². The molecule has 1 amide bonds. The number of hydrogen-bond donors (Lipinski definition) is 1. The maximum atomic E-state index is 11.9. The quantitative estimate of drug-likeness (QED) is 0.931. The minimum absolute atomic E-state index is 0.0170. The van der Waals surface area contributed by atoms with Crippen molar-refractivity contribution in [3.8, 4) is 0 Å². The van der Waals surface area contributed by atoms with Crippen molar-refractivity contribution in [2.24, 2.45) is 5.92 Å². The fraction of sp³-hybridized carbons (Fsp3) is 0.462. The number of halogens is 1. The first-order valence-corrected chi connectivity index (χ1v) is 6.61. The van der Waals surface area contributed by atoms with Crippen molar-refractivity contribution in [2.75, 3.05) is 13.2 Å². The van der Waals surface area contributed by atoms with Gasteiger partial charge in [0.2, 0.25) is 0 Å². The van der Waals surface area contributed by atoms with Crippen molar-refractivity contribution in [1.82, 2.24) is 5.32 Å². The molecule has 1 N–H and O–H groups in total. The number of carbonyl (C=O) groups excluding carboxylic acids is 1. The lowest BCUT2D eigenvalue weighted by molar-refractivity contribution is 0.0907. The minimum atomic E-state index is -0.0170. The molecule has 2 unspecified atom stereocenters. The standard InChI is InChI=1S/C13H16BrNO2/c1-9-11(6-7-17-9)8-15-13(16)10-2-4-12(14)5-3-10/h2-5,9,11H,6-8H2,1H3,(H,15,16). The van der Waals surface area contributed by atoms with Gasteiger partial charge in [-0.25, -0.2) is 0 Å². The average molecular weight is 298 g/mol. The second kappa shape index (κ2) is 5.65. The Morgan fingerprint density at radius 2 is 2.18 bits per heavy atom. The summed E-state index contributed by atoms with van der Waals surface area (Å²) >= 11 is 3.35. The Balaban J connectivity index is 1.87. The lowest BCUT2D eigenvalue weighted by Gasteiger charge is -2.14. The van der Waals surface area contributed by atoms with Gasteiger partial charge in [-0.2, -0.15) is 0 Å². The zero-order chi connectivity index (χ0) is 12.3. The van der Waals surface area contributed by atoms with Crippen LogP contribution in [0.1, 0.15) is 23.7 Å². The fourth-order valence-electron chi connectivity index (χ4n) is 1.97. The third kappa shape index (κ3) is 3.30. The third-order valence-corrected chi connectivity index (χ3v) is 3.69. The summed E-state index contributed by atoms with van der Waals surface area (Å²) in [6.07, 6.45) is 1.28. The molecule has 0 saturated carbocycles. The number of ether oxygens (including phenoxy) is 1. The Hall–Kier alpha value is -0.870. The van der Waals surface area contributed by atoms with Gasteiger partial charge in [-0.1, -0.05) is 15.9 Å². The van der Waals surface area contributed by atoms with Gasteiger partial charge >= 0.3 is 0 Å². The van der Waals surface area contributed by atoms with Crippen LogP contribution in [0.4, 0.5) is 0 Å². The Bertz CT molecular complexity index is 391. The first kappa shape index (κ1) is 12.6. The van der Waals surface area contributed by atoms with Crippen LogP contribution in [0.2, 0.25) is 0 Å². The van der Waals surface area contributed by atoms with Crippen molar-refractivity contribution in [3.05, 3.63) is 34.3 Å². The molecule has 3 nitrogen and oxygen atoms in total. The van der Waals surface area contributed by atoms with Crippen LogP contribution < -0.4 is 5.32 Å². The van der Waals surface area contributed by atoms with Crippen LogP contribution in [0, 0.1) is 5.92 Å². The fourth-order valence-corrected chi connectivity index (χ4v) is 2.24. The van der Waals surface area contributed by atoms with Gasteiger partial charge < -0.3 is 10.1 Å². The summed E-state index contributed by atoms with van der Waals surface area (Å²) in [5, 5.41) is 2.96. The highest BCUT2D eigenvalue weighted by Gasteiger charge is 2.24. The molecular weight excluding hydrogens is 282 g/mol. The summed E-state index contributed by atoms with van der Waals surface area (Å²) in [6.45, 7) is 3.56. The van der Waals surface area contributed by atoms with Gasteiger partial charge in [0.25, 0.3) is 5.91 Å². The van der Waals surface area contributed by atoms with Crippen molar-refractivity contribution in [1.29, 1.82) is 0 Å². The maximum absolute atomic E-state index is 11.9. The molecule has 1 aromatic carbocycles. The number of benzene rings is 1. The minimum Gasteiger partial charge on any atom is -0.378 e. The van der Waals surface area contributed by atoms with Gasteiger partial charge in [0.05, 0.1) is 6.10 Å². The van der Waals surface area contributed by atoms with E-state index in [4.69, 9.17) is 4.74 Å². The normalized spacial score (nSPS) is 23.6. The highest BCUT2D eigenvalue weighted by Crippen LogP contribution is 2.19. The van der Waals surface area contributed by atoms with E-state index in [-0.39, 0.29) is 12.0 Å². The zero-order valence-corrected chi connectivity index (χ0v) is 11.4. The highest BCUT2D eigenvalue weighted by atomic mass is 79.9. The summed E-state index contributed by atoms with van der Waals surface area (Å²) in [5.41, 5.74) is 0.694. The first-order chi connectivity index (χ1) is 8.16. The second-order valence-electron chi connectivity index (χ2n) is 4.34. The second-order valence-corrected chi connectivity index (χ2v) is 5.26.